The van der Waals surface area contributed by atoms with Crippen LogP contribution in [-0.4, -0.2) is 34.1 Å². The summed E-state index contributed by atoms with van der Waals surface area (Å²) in [7, 11) is 3.41. The zero-order valence-electron chi connectivity index (χ0n) is 13.4. The van der Waals surface area contributed by atoms with E-state index >= 15 is 0 Å². The third-order valence-electron chi connectivity index (χ3n) is 4.15. The van der Waals surface area contributed by atoms with Gasteiger partial charge in [-0.15, -0.1) is 0 Å². The standard InChI is InChI=1S/C17H18N4O3/c1-21-9-19-12-4-3-10(7-14(12)21)24-15-8-13-16(20-15)11(5-6-18-13)17(22)23-2/h3-9,13,17-18,20,22H,1-2H3. The molecule has 2 aliphatic heterocycles. The highest BCUT2D eigenvalue weighted by Crippen LogP contribution is 2.27. The van der Waals surface area contributed by atoms with Gasteiger partial charge in [-0.1, -0.05) is 0 Å². The minimum atomic E-state index is -0.980. The minimum Gasteiger partial charge on any atom is -0.441 e. The van der Waals surface area contributed by atoms with Crippen LogP contribution >= 0.6 is 0 Å². The van der Waals surface area contributed by atoms with Gasteiger partial charge in [0.25, 0.3) is 0 Å². The van der Waals surface area contributed by atoms with E-state index in [-0.39, 0.29) is 6.04 Å². The van der Waals surface area contributed by atoms with E-state index < -0.39 is 6.29 Å². The van der Waals surface area contributed by atoms with E-state index in [1.165, 1.54) is 7.11 Å². The van der Waals surface area contributed by atoms with Crippen LogP contribution in [0.2, 0.25) is 0 Å². The molecule has 2 atom stereocenters. The number of aliphatic hydroxyl groups is 1. The molecular formula is C17H18N4O3. The molecule has 0 saturated heterocycles. The first kappa shape index (κ1) is 14.8. The minimum absolute atomic E-state index is 0.0785. The first-order valence-electron chi connectivity index (χ1n) is 7.61. The third-order valence-corrected chi connectivity index (χ3v) is 4.15. The molecule has 3 N–H and O–H groups in total. The number of hydrogen-bond donors (Lipinski definition) is 3. The highest BCUT2D eigenvalue weighted by atomic mass is 16.6. The fourth-order valence-corrected chi connectivity index (χ4v) is 2.90. The average molecular weight is 326 g/mol. The Morgan fingerprint density at radius 3 is 3.08 bits per heavy atom. The zero-order valence-corrected chi connectivity index (χ0v) is 13.4. The number of aliphatic hydroxyl groups excluding tert-OH is 1. The van der Waals surface area contributed by atoms with Gasteiger partial charge in [0.15, 0.2) is 12.2 Å². The number of nitrogens with zero attached hydrogens (tertiary/aromatic N) is 2. The molecule has 0 saturated carbocycles. The largest absolute Gasteiger partial charge is 0.441 e. The Labute approximate surface area is 138 Å². The topological polar surface area (TPSA) is 80.6 Å². The number of methoxy groups -OCH3 is 1. The highest BCUT2D eigenvalue weighted by Gasteiger charge is 2.29. The van der Waals surface area contributed by atoms with Crippen molar-refractivity contribution in [3.8, 4) is 5.75 Å². The monoisotopic (exact) mass is 326 g/mol. The highest BCUT2D eigenvalue weighted by molar-refractivity contribution is 5.76. The van der Waals surface area contributed by atoms with E-state index in [9.17, 15) is 5.11 Å². The maximum Gasteiger partial charge on any atom is 0.196 e. The number of dihydropyridines is 1. The van der Waals surface area contributed by atoms with E-state index in [0.717, 1.165) is 16.7 Å². The lowest BCUT2D eigenvalue weighted by atomic mass is 10.1. The summed E-state index contributed by atoms with van der Waals surface area (Å²) < 4.78 is 12.9. The van der Waals surface area contributed by atoms with Gasteiger partial charge in [0.05, 0.1) is 29.1 Å². The third kappa shape index (κ3) is 2.44. The molecule has 2 aromatic rings. The van der Waals surface area contributed by atoms with Crippen molar-refractivity contribution in [2.24, 2.45) is 7.05 Å². The fraction of sp³-hybridized carbons (Fsp3) is 0.235. The smallest absolute Gasteiger partial charge is 0.196 e. The summed E-state index contributed by atoms with van der Waals surface area (Å²) in [6, 6.07) is 5.67. The van der Waals surface area contributed by atoms with Crippen molar-refractivity contribution in [3.63, 3.8) is 0 Å². The van der Waals surface area contributed by atoms with Crippen LogP contribution in [0, 0.1) is 0 Å². The van der Waals surface area contributed by atoms with E-state index in [2.05, 4.69) is 15.6 Å². The normalized spacial score (nSPS) is 20.5. The lowest BCUT2D eigenvalue weighted by Crippen LogP contribution is -2.33. The van der Waals surface area contributed by atoms with Crippen molar-refractivity contribution in [3.05, 3.63) is 60.0 Å². The van der Waals surface area contributed by atoms with Crippen LogP contribution in [0.25, 0.3) is 11.0 Å². The molecule has 0 spiro atoms. The number of ether oxygens (including phenoxy) is 2. The summed E-state index contributed by atoms with van der Waals surface area (Å²) in [4.78, 5) is 4.30. The zero-order chi connectivity index (χ0) is 16.7. The van der Waals surface area contributed by atoms with Gasteiger partial charge < -0.3 is 29.8 Å². The Morgan fingerprint density at radius 2 is 2.25 bits per heavy atom. The van der Waals surface area contributed by atoms with Gasteiger partial charge in [-0.2, -0.15) is 0 Å². The van der Waals surface area contributed by atoms with E-state index in [4.69, 9.17) is 9.47 Å². The average Bonchev–Trinajstić information content (AvgIpc) is 3.17. The molecule has 2 unspecified atom stereocenters. The molecule has 0 amide bonds. The number of hydrogen-bond acceptors (Lipinski definition) is 6. The molecule has 0 bridgehead atoms. The van der Waals surface area contributed by atoms with Crippen LogP contribution in [0.3, 0.4) is 0 Å². The number of nitrogens with one attached hydrogen (secondary N) is 2. The van der Waals surface area contributed by atoms with Crippen LogP contribution in [0.1, 0.15) is 0 Å². The van der Waals surface area contributed by atoms with Crippen molar-refractivity contribution >= 4 is 11.0 Å². The molecule has 4 rings (SSSR count). The number of rotatable bonds is 4. The molecule has 0 aliphatic carbocycles. The molecule has 124 valence electrons. The Hall–Kier alpha value is -2.77. The van der Waals surface area contributed by atoms with Crippen LogP contribution in [0.5, 0.6) is 5.75 Å². The van der Waals surface area contributed by atoms with E-state index in [1.807, 2.05) is 35.9 Å². The second kappa shape index (κ2) is 5.70. The Kier molecular flexibility index (Phi) is 3.51. The second-order valence-corrected chi connectivity index (χ2v) is 5.70. The lowest BCUT2D eigenvalue weighted by molar-refractivity contribution is -0.0433. The van der Waals surface area contributed by atoms with Gasteiger partial charge in [-0.25, -0.2) is 4.98 Å². The molecule has 7 heteroatoms. The van der Waals surface area contributed by atoms with Crippen molar-refractivity contribution in [1.82, 2.24) is 20.2 Å². The van der Waals surface area contributed by atoms with Crippen LogP contribution < -0.4 is 15.4 Å². The predicted octanol–water partition coefficient (Wildman–Crippen LogP) is 1.10. The summed E-state index contributed by atoms with van der Waals surface area (Å²) in [6.07, 6.45) is 6.29. The SMILES string of the molecule is COC(O)C1=C2NC(Oc3ccc4ncn(C)c4c3)=CC2NC=C1. The molecule has 1 aromatic heterocycles. The predicted molar refractivity (Wildman–Crippen MR) is 88.7 cm³/mol. The maximum atomic E-state index is 9.96. The number of imidazole rings is 1. The van der Waals surface area contributed by atoms with Crippen molar-refractivity contribution in [1.29, 1.82) is 0 Å². The summed E-state index contributed by atoms with van der Waals surface area (Å²) in [6.45, 7) is 0. The molecule has 1 aromatic carbocycles. The Balaban J connectivity index is 1.59. The Bertz CT molecular complexity index is 881. The summed E-state index contributed by atoms with van der Waals surface area (Å²) in [5.41, 5.74) is 3.42. The maximum absolute atomic E-state index is 9.96. The van der Waals surface area contributed by atoms with Gasteiger partial charge in [0, 0.05) is 31.9 Å². The molecule has 2 aliphatic rings. The number of aromatic nitrogens is 2. The van der Waals surface area contributed by atoms with E-state index in [1.54, 1.807) is 18.6 Å². The van der Waals surface area contributed by atoms with Crippen molar-refractivity contribution < 1.29 is 14.6 Å². The summed E-state index contributed by atoms with van der Waals surface area (Å²) in [5, 5.41) is 16.4. The van der Waals surface area contributed by atoms with Gasteiger partial charge in [0.1, 0.15) is 5.75 Å². The first-order chi connectivity index (χ1) is 11.7. The van der Waals surface area contributed by atoms with Gasteiger partial charge >= 0.3 is 0 Å². The summed E-state index contributed by atoms with van der Waals surface area (Å²) in [5.74, 6) is 1.32. The quantitative estimate of drug-likeness (QED) is 0.730. The van der Waals surface area contributed by atoms with Gasteiger partial charge in [-0.05, 0) is 24.4 Å². The molecule has 7 nitrogen and oxygen atoms in total. The van der Waals surface area contributed by atoms with E-state index in [0.29, 0.717) is 17.2 Å². The molecule has 24 heavy (non-hydrogen) atoms. The molecule has 0 fully saturated rings. The molecule has 3 heterocycles. The molecular weight excluding hydrogens is 308 g/mol. The van der Waals surface area contributed by atoms with Crippen molar-refractivity contribution in [2.45, 2.75) is 12.3 Å². The van der Waals surface area contributed by atoms with Crippen molar-refractivity contribution in [2.75, 3.05) is 7.11 Å². The van der Waals surface area contributed by atoms with Crippen LogP contribution in [0.15, 0.2) is 60.0 Å². The van der Waals surface area contributed by atoms with Crippen LogP contribution in [0.4, 0.5) is 0 Å². The molecule has 0 radical (unpaired) electrons. The first-order valence-corrected chi connectivity index (χ1v) is 7.61. The fourth-order valence-electron chi connectivity index (χ4n) is 2.90. The number of fused-ring (bicyclic) bond motifs is 2. The summed E-state index contributed by atoms with van der Waals surface area (Å²) >= 11 is 0. The second-order valence-electron chi connectivity index (χ2n) is 5.70. The lowest BCUT2D eigenvalue weighted by Gasteiger charge is -2.22. The number of benzene rings is 1. The van der Waals surface area contributed by atoms with Crippen LogP contribution in [-0.2, 0) is 11.8 Å². The Morgan fingerprint density at radius 1 is 1.38 bits per heavy atom. The van der Waals surface area contributed by atoms with Gasteiger partial charge in [0.2, 0.25) is 0 Å². The number of aryl methyl sites for hydroxylation is 1. The van der Waals surface area contributed by atoms with Gasteiger partial charge in [-0.3, -0.25) is 0 Å².